The quantitative estimate of drug-likeness (QED) is 0.505. The van der Waals surface area contributed by atoms with Gasteiger partial charge in [-0.1, -0.05) is 29.8 Å². The van der Waals surface area contributed by atoms with Gasteiger partial charge in [0.2, 0.25) is 10.0 Å². The van der Waals surface area contributed by atoms with E-state index in [-0.39, 0.29) is 11.5 Å². The van der Waals surface area contributed by atoms with Crippen LogP contribution in [0.4, 0.5) is 4.39 Å². The van der Waals surface area contributed by atoms with E-state index in [1.165, 1.54) is 18.4 Å². The Morgan fingerprint density at radius 1 is 1.21 bits per heavy atom. The summed E-state index contributed by atoms with van der Waals surface area (Å²) >= 11 is 7.51. The van der Waals surface area contributed by atoms with E-state index in [4.69, 9.17) is 16.3 Å². The number of halogens is 2. The van der Waals surface area contributed by atoms with Gasteiger partial charge in [0.1, 0.15) is 24.0 Å². The van der Waals surface area contributed by atoms with Crippen molar-refractivity contribution in [1.29, 1.82) is 0 Å². The summed E-state index contributed by atoms with van der Waals surface area (Å²) in [5, 5.41) is 3.00. The molecule has 1 heterocycles. The highest BCUT2D eigenvalue weighted by Crippen LogP contribution is 2.30. The first-order valence-electron chi connectivity index (χ1n) is 8.34. The minimum Gasteiger partial charge on any atom is -0.458 e. The third-order valence-corrected chi connectivity index (χ3v) is 6.98. The SMILES string of the molecule is CN(CC(=O)OCc1csc(-c2ccccc2Cl)n1)S(=O)(=O)c1ccc(F)cc1. The molecule has 29 heavy (non-hydrogen) atoms. The van der Waals surface area contributed by atoms with Crippen molar-refractivity contribution in [2.45, 2.75) is 11.5 Å². The van der Waals surface area contributed by atoms with E-state index in [1.807, 2.05) is 18.2 Å². The van der Waals surface area contributed by atoms with Gasteiger partial charge in [-0.25, -0.2) is 17.8 Å². The van der Waals surface area contributed by atoms with Crippen LogP contribution >= 0.6 is 22.9 Å². The summed E-state index contributed by atoms with van der Waals surface area (Å²) in [5.74, 6) is -1.28. The van der Waals surface area contributed by atoms with Gasteiger partial charge in [0.25, 0.3) is 0 Å². The second-order valence-corrected chi connectivity index (χ2v) is 9.31. The van der Waals surface area contributed by atoms with Gasteiger partial charge in [0.05, 0.1) is 15.6 Å². The van der Waals surface area contributed by atoms with Crippen LogP contribution in [0, 0.1) is 5.82 Å². The minimum absolute atomic E-state index is 0.0930. The molecule has 0 aliphatic rings. The van der Waals surface area contributed by atoms with E-state index >= 15 is 0 Å². The average molecular weight is 455 g/mol. The molecule has 0 saturated carbocycles. The van der Waals surface area contributed by atoms with Crippen LogP contribution in [0.15, 0.2) is 58.8 Å². The Bertz CT molecular complexity index is 1120. The van der Waals surface area contributed by atoms with Crippen LogP contribution in [0.3, 0.4) is 0 Å². The molecule has 0 atom stereocenters. The van der Waals surface area contributed by atoms with E-state index in [9.17, 15) is 17.6 Å². The molecule has 3 aromatic rings. The summed E-state index contributed by atoms with van der Waals surface area (Å²) in [6.07, 6.45) is 0. The number of hydrogen-bond donors (Lipinski definition) is 0. The second-order valence-electron chi connectivity index (χ2n) is 6.00. The number of sulfonamides is 1. The van der Waals surface area contributed by atoms with Crippen molar-refractivity contribution in [3.8, 4) is 10.6 Å². The molecule has 2 aromatic carbocycles. The number of likely N-dealkylation sites (N-methyl/N-ethyl adjacent to an activating group) is 1. The van der Waals surface area contributed by atoms with Crippen molar-refractivity contribution in [1.82, 2.24) is 9.29 Å². The smallest absolute Gasteiger partial charge is 0.321 e. The van der Waals surface area contributed by atoms with E-state index in [1.54, 1.807) is 11.4 Å². The highest BCUT2D eigenvalue weighted by atomic mass is 35.5. The molecule has 0 amide bonds. The number of carbonyl (C=O) groups excluding carboxylic acids is 1. The molecule has 152 valence electrons. The number of thiazole rings is 1. The molecule has 0 radical (unpaired) electrons. The number of benzene rings is 2. The van der Waals surface area contributed by atoms with Gasteiger partial charge >= 0.3 is 5.97 Å². The van der Waals surface area contributed by atoms with Crippen molar-refractivity contribution in [3.63, 3.8) is 0 Å². The Labute approximate surface area is 176 Å². The first-order valence-corrected chi connectivity index (χ1v) is 11.0. The molecule has 10 heteroatoms. The molecule has 0 unspecified atom stereocenters. The van der Waals surface area contributed by atoms with Crippen LogP contribution in [0.25, 0.3) is 10.6 Å². The third kappa shape index (κ3) is 5.18. The highest BCUT2D eigenvalue weighted by molar-refractivity contribution is 7.89. The summed E-state index contributed by atoms with van der Waals surface area (Å²) in [5.41, 5.74) is 1.31. The molecule has 0 aliphatic carbocycles. The van der Waals surface area contributed by atoms with Gasteiger partial charge in [0.15, 0.2) is 0 Å². The molecule has 0 N–H and O–H groups in total. The summed E-state index contributed by atoms with van der Waals surface area (Å²) in [7, 11) is -2.68. The van der Waals surface area contributed by atoms with Crippen molar-refractivity contribution in [2.24, 2.45) is 0 Å². The van der Waals surface area contributed by atoms with Gasteiger partial charge in [-0.05, 0) is 30.3 Å². The molecule has 0 bridgehead atoms. The van der Waals surface area contributed by atoms with Crippen molar-refractivity contribution in [2.75, 3.05) is 13.6 Å². The Morgan fingerprint density at radius 2 is 1.90 bits per heavy atom. The van der Waals surface area contributed by atoms with Crippen LogP contribution in [0.1, 0.15) is 5.69 Å². The second kappa shape index (κ2) is 9.00. The average Bonchev–Trinajstić information content (AvgIpc) is 3.16. The molecule has 0 spiro atoms. The summed E-state index contributed by atoms with van der Waals surface area (Å²) in [4.78, 5) is 16.3. The largest absolute Gasteiger partial charge is 0.458 e. The minimum atomic E-state index is -3.93. The maximum Gasteiger partial charge on any atom is 0.321 e. The molecule has 0 aliphatic heterocycles. The lowest BCUT2D eigenvalue weighted by atomic mass is 10.2. The van der Waals surface area contributed by atoms with Crippen LogP contribution in [-0.2, 0) is 26.2 Å². The third-order valence-electron chi connectivity index (χ3n) is 3.91. The number of rotatable bonds is 7. The first-order chi connectivity index (χ1) is 13.8. The molecule has 0 saturated heterocycles. The fraction of sp³-hybridized carbons (Fsp3) is 0.158. The Kier molecular flexibility index (Phi) is 6.63. The Balaban J connectivity index is 1.59. The predicted molar refractivity (Wildman–Crippen MR) is 109 cm³/mol. The first kappa shape index (κ1) is 21.4. The molecule has 3 rings (SSSR count). The zero-order chi connectivity index (χ0) is 21.0. The zero-order valence-corrected chi connectivity index (χ0v) is 17.6. The zero-order valence-electron chi connectivity index (χ0n) is 15.2. The van der Waals surface area contributed by atoms with Crippen LogP contribution in [-0.4, -0.2) is 37.3 Å². The van der Waals surface area contributed by atoms with Gasteiger partial charge < -0.3 is 4.74 Å². The Hall–Kier alpha value is -2.33. The fourth-order valence-electron chi connectivity index (χ4n) is 2.38. The molecule has 1 aromatic heterocycles. The number of ether oxygens (including phenoxy) is 1. The number of hydrogen-bond acceptors (Lipinski definition) is 6. The van der Waals surface area contributed by atoms with Crippen molar-refractivity contribution < 1.29 is 22.3 Å². The molecular formula is C19H16ClFN2O4S2. The van der Waals surface area contributed by atoms with E-state index < -0.39 is 28.4 Å². The summed E-state index contributed by atoms with van der Waals surface area (Å²) in [6, 6.07) is 11.6. The lowest BCUT2D eigenvalue weighted by molar-refractivity contribution is -0.145. The van der Waals surface area contributed by atoms with Crippen LogP contribution in [0.2, 0.25) is 5.02 Å². The van der Waals surface area contributed by atoms with E-state index in [0.717, 1.165) is 34.1 Å². The van der Waals surface area contributed by atoms with Crippen LogP contribution in [0.5, 0.6) is 0 Å². The molecule has 0 fully saturated rings. The summed E-state index contributed by atoms with van der Waals surface area (Å²) in [6.45, 7) is -0.578. The lowest BCUT2D eigenvalue weighted by Gasteiger charge is -2.16. The monoisotopic (exact) mass is 454 g/mol. The topological polar surface area (TPSA) is 76.6 Å². The van der Waals surface area contributed by atoms with E-state index in [2.05, 4.69) is 4.98 Å². The van der Waals surface area contributed by atoms with Gasteiger partial charge in [-0.15, -0.1) is 11.3 Å². The van der Waals surface area contributed by atoms with Gasteiger partial charge in [-0.2, -0.15) is 4.31 Å². The fourth-order valence-corrected chi connectivity index (χ4v) is 4.62. The summed E-state index contributed by atoms with van der Waals surface area (Å²) < 4.78 is 43.8. The number of nitrogens with zero attached hydrogens (tertiary/aromatic N) is 2. The standard InChI is InChI=1S/C19H16ClFN2O4S2/c1-23(29(25,26)15-8-6-13(21)7-9-15)10-18(24)27-11-14-12-28-19(22-14)16-4-2-3-5-17(16)20/h2-9,12H,10-11H2,1H3. The normalized spacial score (nSPS) is 11.6. The predicted octanol–water partition coefficient (Wildman–Crippen LogP) is 3.97. The Morgan fingerprint density at radius 3 is 2.59 bits per heavy atom. The van der Waals surface area contributed by atoms with Crippen molar-refractivity contribution in [3.05, 3.63) is 70.4 Å². The maximum absolute atomic E-state index is 13.0. The van der Waals surface area contributed by atoms with Gasteiger partial charge in [0, 0.05) is 18.0 Å². The highest BCUT2D eigenvalue weighted by Gasteiger charge is 2.23. The molecular weight excluding hydrogens is 439 g/mol. The number of carbonyl (C=O) groups is 1. The lowest BCUT2D eigenvalue weighted by Crippen LogP contribution is -2.33. The maximum atomic E-state index is 13.0. The number of esters is 1. The molecule has 6 nitrogen and oxygen atoms in total. The number of aromatic nitrogens is 1. The van der Waals surface area contributed by atoms with Crippen LogP contribution < -0.4 is 0 Å². The van der Waals surface area contributed by atoms with Gasteiger partial charge in [-0.3, -0.25) is 4.79 Å². The van der Waals surface area contributed by atoms with Crippen molar-refractivity contribution >= 4 is 38.9 Å². The van der Waals surface area contributed by atoms with E-state index in [0.29, 0.717) is 15.7 Å².